The van der Waals surface area contributed by atoms with Crippen molar-refractivity contribution in [2.75, 3.05) is 5.32 Å². The van der Waals surface area contributed by atoms with E-state index in [0.29, 0.717) is 12.0 Å². The summed E-state index contributed by atoms with van der Waals surface area (Å²) >= 11 is -5.19. The van der Waals surface area contributed by atoms with Crippen LogP contribution in [0.1, 0.15) is 32.8 Å². The standard InChI is InChI=1S/C9H12AsNO5.C4H8O/c1-5-3-7(10(14,15)16)9(13)8(4-5)11-6(2)12;1-3-4(2)5/h3-4,13H,1-2H3,(H,11,12)(H2,14,15,16);3H2,1-2H3. The molecule has 0 spiro atoms. The summed E-state index contributed by atoms with van der Waals surface area (Å²) in [5.41, 5.74) is 0.550. The van der Waals surface area contributed by atoms with Crippen LogP contribution in [-0.2, 0) is 13.3 Å². The van der Waals surface area contributed by atoms with Gasteiger partial charge in [0, 0.05) is 6.42 Å². The Balaban J connectivity index is 0.000000690. The number of phenolic OH excluding ortho intramolecular Hbond substituents is 1. The van der Waals surface area contributed by atoms with Gasteiger partial charge in [-0.25, -0.2) is 0 Å². The van der Waals surface area contributed by atoms with Gasteiger partial charge in [0.15, 0.2) is 0 Å². The van der Waals surface area contributed by atoms with Gasteiger partial charge in [0.1, 0.15) is 5.78 Å². The zero-order valence-corrected chi connectivity index (χ0v) is 14.3. The van der Waals surface area contributed by atoms with Crippen molar-refractivity contribution in [3.63, 3.8) is 0 Å². The van der Waals surface area contributed by atoms with Crippen molar-refractivity contribution in [1.82, 2.24) is 0 Å². The second-order valence-corrected chi connectivity index (χ2v) is 7.75. The zero-order chi connectivity index (χ0) is 16.8. The van der Waals surface area contributed by atoms with Gasteiger partial charge in [0.05, 0.1) is 0 Å². The number of anilines is 1. The van der Waals surface area contributed by atoms with E-state index in [0.717, 1.165) is 0 Å². The first-order valence-corrected chi connectivity index (χ1v) is 9.54. The number of benzene rings is 1. The Bertz CT molecular complexity index is 578. The Hall–Kier alpha value is -1.56. The van der Waals surface area contributed by atoms with Crippen LogP contribution in [0.2, 0.25) is 0 Å². The van der Waals surface area contributed by atoms with Crippen molar-refractivity contribution in [1.29, 1.82) is 0 Å². The van der Waals surface area contributed by atoms with Crippen molar-refractivity contribution in [3.05, 3.63) is 17.7 Å². The maximum atomic E-state index is 11.1. The number of Topliss-reactive ketones (excluding diaryl/α,β-unsaturated/α-hetero) is 1. The van der Waals surface area contributed by atoms with Gasteiger partial charge in [-0.3, -0.25) is 0 Å². The number of hydrogen-bond donors (Lipinski definition) is 4. The number of carbonyl (C=O) groups excluding carboxylic acids is 2. The minimum absolute atomic E-state index is 0.00670. The SMILES string of the molecule is CC(=O)Nc1cc(C)cc([As](=O)(O)O)c1O.CCC(C)=O. The van der Waals surface area contributed by atoms with Gasteiger partial charge in [0.25, 0.3) is 0 Å². The maximum absolute atomic E-state index is 11.1. The summed E-state index contributed by atoms with van der Waals surface area (Å²) in [6, 6.07) is 2.65. The molecule has 0 saturated carbocycles. The summed E-state index contributed by atoms with van der Waals surface area (Å²) in [7, 11) is 0. The Morgan fingerprint density at radius 3 is 2.05 bits per heavy atom. The molecule has 0 bridgehead atoms. The van der Waals surface area contributed by atoms with Crippen LogP contribution in [0.25, 0.3) is 0 Å². The van der Waals surface area contributed by atoms with Gasteiger partial charge < -0.3 is 4.79 Å². The van der Waals surface area contributed by atoms with Crippen LogP contribution in [0.15, 0.2) is 12.1 Å². The molecule has 0 aromatic heterocycles. The van der Waals surface area contributed by atoms with Crippen LogP contribution in [0.5, 0.6) is 5.75 Å². The number of aromatic hydroxyl groups is 1. The first-order valence-electron chi connectivity index (χ1n) is 6.15. The van der Waals surface area contributed by atoms with Crippen LogP contribution in [0.3, 0.4) is 0 Å². The van der Waals surface area contributed by atoms with Crippen LogP contribution >= 0.6 is 0 Å². The number of amides is 1. The Morgan fingerprint density at radius 1 is 1.24 bits per heavy atom. The summed E-state index contributed by atoms with van der Waals surface area (Å²) in [5, 5.41) is 11.9. The molecule has 0 aliphatic carbocycles. The van der Waals surface area contributed by atoms with E-state index >= 15 is 0 Å². The molecule has 0 radical (unpaired) electrons. The first-order chi connectivity index (χ1) is 9.48. The van der Waals surface area contributed by atoms with E-state index in [1.165, 1.54) is 19.1 Å². The average Bonchev–Trinajstić information content (AvgIpc) is 2.32. The van der Waals surface area contributed by atoms with E-state index in [4.69, 9.17) is 8.19 Å². The molecule has 0 unspecified atom stereocenters. The molecule has 8 heteroatoms. The topological polar surface area (TPSA) is 124 Å². The van der Waals surface area contributed by atoms with Crippen molar-refractivity contribution in [2.24, 2.45) is 0 Å². The van der Waals surface area contributed by atoms with Crippen molar-refractivity contribution < 1.29 is 26.6 Å². The van der Waals surface area contributed by atoms with Gasteiger partial charge in [-0.1, -0.05) is 6.92 Å². The molecule has 1 aromatic rings. The van der Waals surface area contributed by atoms with Gasteiger partial charge in [0.2, 0.25) is 0 Å². The molecule has 118 valence electrons. The minimum Gasteiger partial charge on any atom is -0.300 e. The molecule has 1 rings (SSSR count). The monoisotopic (exact) mass is 361 g/mol. The number of aryl methyl sites for hydroxylation is 1. The van der Waals surface area contributed by atoms with Gasteiger partial charge in [-0.2, -0.15) is 0 Å². The average molecular weight is 361 g/mol. The third-order valence-corrected chi connectivity index (χ3v) is 4.39. The van der Waals surface area contributed by atoms with Crippen molar-refractivity contribution >= 4 is 35.9 Å². The minimum atomic E-state index is -5.19. The number of ketones is 1. The third-order valence-electron chi connectivity index (χ3n) is 2.36. The second-order valence-electron chi connectivity index (χ2n) is 4.46. The fourth-order valence-electron chi connectivity index (χ4n) is 1.27. The van der Waals surface area contributed by atoms with E-state index in [9.17, 15) is 18.4 Å². The molecular formula is C13H20AsNO6. The molecule has 4 N–H and O–H groups in total. The molecule has 7 nitrogen and oxygen atoms in total. The van der Waals surface area contributed by atoms with Crippen LogP contribution in [0, 0.1) is 6.92 Å². The third kappa shape index (κ3) is 7.13. The Labute approximate surface area is 126 Å². The molecule has 0 aliphatic heterocycles. The molecule has 0 heterocycles. The molecule has 0 atom stereocenters. The van der Waals surface area contributed by atoms with Crippen LogP contribution in [-0.4, -0.2) is 39.2 Å². The molecule has 0 aliphatic rings. The maximum Gasteiger partial charge on any atom is 0.129 e. The fourth-order valence-corrected chi connectivity index (χ4v) is 2.88. The first kappa shape index (κ1) is 19.4. The Kier molecular flexibility index (Phi) is 7.43. The largest absolute Gasteiger partial charge is 0.300 e. The van der Waals surface area contributed by atoms with E-state index in [2.05, 4.69) is 5.32 Å². The summed E-state index contributed by atoms with van der Waals surface area (Å²) in [5.74, 6) is -0.747. The van der Waals surface area contributed by atoms with E-state index in [1.54, 1.807) is 13.8 Å². The molecule has 1 amide bonds. The van der Waals surface area contributed by atoms with E-state index in [1.807, 2.05) is 6.92 Å². The van der Waals surface area contributed by atoms with Crippen molar-refractivity contribution in [3.8, 4) is 5.75 Å². The quantitative estimate of drug-likeness (QED) is 0.451. The number of phenols is 1. The van der Waals surface area contributed by atoms with Crippen LogP contribution < -0.4 is 9.67 Å². The summed E-state index contributed by atoms with van der Waals surface area (Å²) in [6.07, 6.45) is 0.667. The van der Waals surface area contributed by atoms with Crippen LogP contribution in [0.4, 0.5) is 5.69 Å². The smallest absolute Gasteiger partial charge is 0.129 e. The zero-order valence-electron chi connectivity index (χ0n) is 12.4. The van der Waals surface area contributed by atoms with Crippen molar-refractivity contribution in [2.45, 2.75) is 34.1 Å². The van der Waals surface area contributed by atoms with Gasteiger partial charge in [-0.05, 0) is 6.92 Å². The number of rotatable bonds is 3. The van der Waals surface area contributed by atoms with E-state index < -0.39 is 30.2 Å². The molecule has 21 heavy (non-hydrogen) atoms. The number of hydrogen-bond acceptors (Lipinski definition) is 4. The number of carbonyl (C=O) groups is 2. The molecule has 1 aromatic carbocycles. The number of nitrogens with one attached hydrogen (secondary N) is 1. The Morgan fingerprint density at radius 2 is 1.71 bits per heavy atom. The second kappa shape index (κ2) is 8.02. The molecule has 0 saturated heterocycles. The molecule has 0 fully saturated rings. The normalized spacial score (nSPS) is 10.4. The predicted molar refractivity (Wildman–Crippen MR) is 78.6 cm³/mol. The summed E-state index contributed by atoms with van der Waals surface area (Å²) < 4.78 is 28.8. The predicted octanol–water partition coefficient (Wildman–Crippen LogP) is 0.205. The van der Waals surface area contributed by atoms with Gasteiger partial charge in [-0.15, -0.1) is 0 Å². The summed E-state index contributed by atoms with van der Waals surface area (Å²) in [4.78, 5) is 20.6. The molecular weight excluding hydrogens is 341 g/mol. The van der Waals surface area contributed by atoms with Gasteiger partial charge >= 0.3 is 94.6 Å². The summed E-state index contributed by atoms with van der Waals surface area (Å²) in [6.45, 7) is 6.28. The van der Waals surface area contributed by atoms with E-state index in [-0.39, 0.29) is 11.5 Å². The fraction of sp³-hybridized carbons (Fsp3) is 0.385.